The first-order chi connectivity index (χ1) is 7.56. The Morgan fingerprint density at radius 1 is 1.62 bits per heavy atom. The van der Waals surface area contributed by atoms with Crippen LogP contribution < -0.4 is 0 Å². The van der Waals surface area contributed by atoms with Gasteiger partial charge in [-0.25, -0.2) is 4.98 Å². The molecule has 0 aliphatic rings. The number of rotatable bonds is 5. The molecule has 0 radical (unpaired) electrons. The average Bonchev–Trinajstić information content (AvgIpc) is 2.64. The fraction of sp³-hybridized carbons (Fsp3) is 0.636. The minimum absolute atomic E-state index is 0.00414. The molecule has 1 aromatic heterocycles. The Balaban J connectivity index is 2.74. The molecule has 0 bridgehead atoms. The van der Waals surface area contributed by atoms with Gasteiger partial charge in [0.05, 0.1) is 5.01 Å². The fourth-order valence-corrected chi connectivity index (χ4v) is 2.14. The van der Waals surface area contributed by atoms with Gasteiger partial charge >= 0.3 is 0 Å². The number of hydrogen-bond acceptors (Lipinski definition) is 3. The van der Waals surface area contributed by atoms with Crippen molar-refractivity contribution in [3.8, 4) is 0 Å². The van der Waals surface area contributed by atoms with Crippen LogP contribution in [-0.2, 0) is 0 Å². The van der Waals surface area contributed by atoms with Crippen molar-refractivity contribution in [2.75, 3.05) is 12.4 Å². The maximum atomic E-state index is 12.1. The lowest BCUT2D eigenvalue weighted by Gasteiger charge is -2.25. The van der Waals surface area contributed by atoms with Crippen LogP contribution in [0, 0.1) is 6.92 Å². The predicted octanol–water partition coefficient (Wildman–Crippen LogP) is 2.93. The molecule has 5 heteroatoms. The second-order valence-electron chi connectivity index (χ2n) is 3.89. The Kier molecular flexibility index (Phi) is 5.22. The smallest absolute Gasteiger partial charge is 0.273 e. The number of hydrogen-bond donors (Lipinski definition) is 0. The van der Waals surface area contributed by atoms with Crippen LogP contribution >= 0.6 is 22.9 Å². The van der Waals surface area contributed by atoms with Crippen molar-refractivity contribution in [1.29, 1.82) is 0 Å². The normalized spacial score (nSPS) is 10.8. The van der Waals surface area contributed by atoms with Crippen LogP contribution in [0.2, 0.25) is 0 Å². The minimum atomic E-state index is 0.00414. The molecule has 90 valence electrons. The highest BCUT2D eigenvalue weighted by Crippen LogP contribution is 2.13. The predicted molar refractivity (Wildman–Crippen MR) is 68.4 cm³/mol. The lowest BCUT2D eigenvalue weighted by atomic mass is 10.2. The van der Waals surface area contributed by atoms with Gasteiger partial charge in [-0.2, -0.15) is 0 Å². The van der Waals surface area contributed by atoms with Gasteiger partial charge in [0.15, 0.2) is 0 Å². The quantitative estimate of drug-likeness (QED) is 0.763. The summed E-state index contributed by atoms with van der Waals surface area (Å²) in [4.78, 5) is 18.2. The summed E-state index contributed by atoms with van der Waals surface area (Å²) >= 11 is 7.15. The third-order valence-corrected chi connectivity index (χ3v) is 3.30. The molecule has 0 spiro atoms. The van der Waals surface area contributed by atoms with Crippen LogP contribution in [0.4, 0.5) is 0 Å². The van der Waals surface area contributed by atoms with Crippen molar-refractivity contribution >= 4 is 28.8 Å². The third kappa shape index (κ3) is 3.46. The van der Waals surface area contributed by atoms with Crippen LogP contribution in [0.25, 0.3) is 0 Å². The van der Waals surface area contributed by atoms with Gasteiger partial charge in [-0.15, -0.1) is 22.9 Å². The number of aryl methyl sites for hydroxylation is 1. The maximum absolute atomic E-state index is 12.1. The Morgan fingerprint density at radius 3 is 2.75 bits per heavy atom. The van der Waals surface area contributed by atoms with E-state index in [1.54, 1.807) is 0 Å². The molecular weight excluding hydrogens is 244 g/mol. The van der Waals surface area contributed by atoms with Crippen LogP contribution in [0.3, 0.4) is 0 Å². The molecule has 1 rings (SSSR count). The van der Waals surface area contributed by atoms with Gasteiger partial charge in [-0.3, -0.25) is 4.79 Å². The highest BCUT2D eigenvalue weighted by Gasteiger charge is 2.20. The molecule has 0 unspecified atom stereocenters. The molecule has 1 aromatic rings. The van der Waals surface area contributed by atoms with Crippen LogP contribution in [0.15, 0.2) is 5.38 Å². The van der Waals surface area contributed by atoms with E-state index >= 15 is 0 Å². The molecule has 0 N–H and O–H groups in total. The zero-order chi connectivity index (χ0) is 12.1. The van der Waals surface area contributed by atoms with Crippen LogP contribution in [-0.4, -0.2) is 34.3 Å². The van der Waals surface area contributed by atoms with Gasteiger partial charge < -0.3 is 4.90 Å². The van der Waals surface area contributed by atoms with E-state index in [1.165, 1.54) is 11.3 Å². The van der Waals surface area contributed by atoms with Crippen molar-refractivity contribution in [2.24, 2.45) is 0 Å². The van der Waals surface area contributed by atoms with Crippen molar-refractivity contribution < 1.29 is 4.79 Å². The zero-order valence-corrected chi connectivity index (χ0v) is 11.4. The van der Waals surface area contributed by atoms with Crippen molar-refractivity contribution in [3.63, 3.8) is 0 Å². The lowest BCUT2D eigenvalue weighted by Crippen LogP contribution is -2.38. The molecule has 0 aliphatic heterocycles. The van der Waals surface area contributed by atoms with E-state index in [-0.39, 0.29) is 11.9 Å². The molecule has 0 aromatic carbocycles. The van der Waals surface area contributed by atoms with Gasteiger partial charge in [0, 0.05) is 23.8 Å². The number of amides is 1. The Bertz CT molecular complexity index is 352. The molecule has 1 heterocycles. The summed E-state index contributed by atoms with van der Waals surface area (Å²) < 4.78 is 0. The summed E-state index contributed by atoms with van der Waals surface area (Å²) in [7, 11) is 0. The minimum Gasteiger partial charge on any atom is -0.335 e. The van der Waals surface area contributed by atoms with E-state index in [0.717, 1.165) is 11.4 Å². The van der Waals surface area contributed by atoms with Gasteiger partial charge in [0.1, 0.15) is 5.69 Å². The Hall–Kier alpha value is -0.610. The van der Waals surface area contributed by atoms with Crippen LogP contribution in [0.5, 0.6) is 0 Å². The summed E-state index contributed by atoms with van der Waals surface area (Å²) in [5, 5.41) is 2.73. The first-order valence-corrected chi connectivity index (χ1v) is 6.76. The van der Waals surface area contributed by atoms with Crippen molar-refractivity contribution in [2.45, 2.75) is 33.2 Å². The van der Waals surface area contributed by atoms with Crippen molar-refractivity contribution in [1.82, 2.24) is 9.88 Å². The standard InChI is InChI=1S/C11H17ClN2OS/c1-8(2)14(6-4-5-12)11(15)10-7-16-9(3)13-10/h7-8H,4-6H2,1-3H3. The molecule has 0 fully saturated rings. The zero-order valence-electron chi connectivity index (χ0n) is 9.86. The molecule has 1 amide bonds. The van der Waals surface area contributed by atoms with Gasteiger partial charge in [0.2, 0.25) is 0 Å². The van der Waals surface area contributed by atoms with E-state index in [0.29, 0.717) is 18.1 Å². The molecule has 16 heavy (non-hydrogen) atoms. The van der Waals surface area contributed by atoms with E-state index in [1.807, 2.05) is 31.1 Å². The number of carbonyl (C=O) groups excluding carboxylic acids is 1. The summed E-state index contributed by atoms with van der Waals surface area (Å²) in [5.74, 6) is 0.580. The third-order valence-electron chi connectivity index (χ3n) is 2.25. The molecule has 0 atom stereocenters. The fourth-order valence-electron chi connectivity index (χ4n) is 1.43. The second kappa shape index (κ2) is 6.21. The monoisotopic (exact) mass is 260 g/mol. The lowest BCUT2D eigenvalue weighted by molar-refractivity contribution is 0.0701. The summed E-state index contributed by atoms with van der Waals surface area (Å²) in [6, 6.07) is 0.178. The highest BCUT2D eigenvalue weighted by molar-refractivity contribution is 7.09. The number of carbonyl (C=O) groups is 1. The molecule has 0 aliphatic carbocycles. The summed E-state index contributed by atoms with van der Waals surface area (Å²) in [6.07, 6.45) is 0.814. The van der Waals surface area contributed by atoms with Gasteiger partial charge in [-0.05, 0) is 27.2 Å². The van der Waals surface area contributed by atoms with E-state index < -0.39 is 0 Å². The SMILES string of the molecule is Cc1nc(C(=O)N(CCCCl)C(C)C)cs1. The molecular formula is C11H17ClN2OS. The van der Waals surface area contributed by atoms with Gasteiger partial charge in [0.25, 0.3) is 5.91 Å². The molecule has 0 saturated heterocycles. The second-order valence-corrected chi connectivity index (χ2v) is 5.33. The first-order valence-electron chi connectivity index (χ1n) is 5.35. The van der Waals surface area contributed by atoms with E-state index in [4.69, 9.17) is 11.6 Å². The first kappa shape index (κ1) is 13.5. The number of alkyl halides is 1. The number of halogens is 1. The Labute approximate surface area is 105 Å². The maximum Gasteiger partial charge on any atom is 0.273 e. The number of nitrogens with zero attached hydrogens (tertiary/aromatic N) is 2. The van der Waals surface area contributed by atoms with Crippen molar-refractivity contribution in [3.05, 3.63) is 16.1 Å². The van der Waals surface area contributed by atoms with E-state index in [2.05, 4.69) is 4.98 Å². The molecule has 0 saturated carbocycles. The summed E-state index contributed by atoms with van der Waals surface area (Å²) in [5.41, 5.74) is 0.547. The largest absolute Gasteiger partial charge is 0.335 e. The summed E-state index contributed by atoms with van der Waals surface area (Å²) in [6.45, 7) is 6.60. The molecule has 3 nitrogen and oxygen atoms in total. The van der Waals surface area contributed by atoms with Gasteiger partial charge in [-0.1, -0.05) is 0 Å². The average molecular weight is 261 g/mol. The van der Waals surface area contributed by atoms with Crippen LogP contribution in [0.1, 0.15) is 35.8 Å². The topological polar surface area (TPSA) is 33.2 Å². The highest BCUT2D eigenvalue weighted by atomic mass is 35.5. The van der Waals surface area contributed by atoms with E-state index in [9.17, 15) is 4.79 Å². The number of thiazole rings is 1. The Morgan fingerprint density at radius 2 is 2.31 bits per heavy atom. The number of aromatic nitrogens is 1.